The Morgan fingerprint density at radius 1 is 1.77 bits per heavy atom. The van der Waals surface area contributed by atoms with Crippen LogP contribution in [-0.2, 0) is 0 Å². The number of nitrogen functional groups attached to an aromatic ring is 1. The lowest BCUT2D eigenvalue weighted by Gasteiger charge is -1.91. The van der Waals surface area contributed by atoms with E-state index in [9.17, 15) is 10.1 Å². The third-order valence-corrected chi connectivity index (χ3v) is 3.37. The van der Waals surface area contributed by atoms with E-state index in [1.54, 1.807) is 6.26 Å². The number of hydrogen-bond donors (Lipinski definition) is 1. The lowest BCUT2D eigenvalue weighted by Crippen LogP contribution is -1.91. The van der Waals surface area contributed by atoms with Crippen LogP contribution in [0.4, 0.5) is 10.7 Å². The Morgan fingerprint density at radius 3 is 2.69 bits per heavy atom. The van der Waals surface area contributed by atoms with E-state index in [4.69, 9.17) is 11.0 Å². The smallest absolute Gasteiger partial charge is 0.349 e. The van der Waals surface area contributed by atoms with Crippen molar-refractivity contribution < 1.29 is 4.92 Å². The molecule has 0 saturated heterocycles. The highest BCUT2D eigenvalue weighted by Crippen LogP contribution is 2.41. The van der Waals surface area contributed by atoms with Crippen molar-refractivity contribution in [2.24, 2.45) is 0 Å². The second kappa shape index (κ2) is 3.64. The summed E-state index contributed by atoms with van der Waals surface area (Å²) < 4.78 is 0. The Kier molecular flexibility index (Phi) is 2.75. The quantitative estimate of drug-likeness (QED) is 0.461. The molecule has 0 bridgehead atoms. The highest BCUT2D eigenvalue weighted by atomic mass is 32.2. The molecule has 1 rings (SSSR count). The molecule has 5 nitrogen and oxygen atoms in total. The summed E-state index contributed by atoms with van der Waals surface area (Å²) in [7, 11) is 0. The number of thiophene rings is 1. The minimum Gasteiger partial charge on any atom is -0.391 e. The summed E-state index contributed by atoms with van der Waals surface area (Å²) in [6, 6.07) is 1.88. The fourth-order valence-electron chi connectivity index (χ4n) is 0.829. The number of nitro groups is 1. The molecule has 0 aromatic carbocycles. The molecule has 13 heavy (non-hydrogen) atoms. The maximum Gasteiger partial charge on any atom is 0.349 e. The van der Waals surface area contributed by atoms with E-state index in [0.29, 0.717) is 9.77 Å². The van der Waals surface area contributed by atoms with Gasteiger partial charge in [0, 0.05) is 0 Å². The zero-order valence-electron chi connectivity index (χ0n) is 6.60. The van der Waals surface area contributed by atoms with Crippen LogP contribution in [0.25, 0.3) is 0 Å². The van der Waals surface area contributed by atoms with Gasteiger partial charge in [0.15, 0.2) is 0 Å². The van der Waals surface area contributed by atoms with Crippen molar-refractivity contribution in [1.29, 1.82) is 5.26 Å². The van der Waals surface area contributed by atoms with Gasteiger partial charge in [-0.1, -0.05) is 0 Å². The molecule has 1 aromatic heterocycles. The minimum absolute atomic E-state index is 0.0963. The lowest BCUT2D eigenvalue weighted by atomic mass is 10.4. The molecule has 0 unspecified atom stereocenters. The Bertz CT molecular complexity index is 393. The van der Waals surface area contributed by atoms with E-state index in [0.717, 1.165) is 11.3 Å². The van der Waals surface area contributed by atoms with Crippen LogP contribution in [0, 0.1) is 21.4 Å². The van der Waals surface area contributed by atoms with Crippen molar-refractivity contribution >= 4 is 33.8 Å². The van der Waals surface area contributed by atoms with E-state index < -0.39 is 4.92 Å². The largest absolute Gasteiger partial charge is 0.391 e. The minimum atomic E-state index is -0.569. The monoisotopic (exact) mass is 215 g/mol. The molecule has 0 amide bonds. The van der Waals surface area contributed by atoms with Crippen LogP contribution in [0.5, 0.6) is 0 Å². The van der Waals surface area contributed by atoms with E-state index in [1.807, 2.05) is 6.07 Å². The standard InChI is InChI=1S/C6H5N3O2S2/c1-12-5-3(2-7)13-6(4(5)8)9(10)11/h8H2,1H3. The van der Waals surface area contributed by atoms with Crippen LogP contribution in [0.2, 0.25) is 0 Å². The highest BCUT2D eigenvalue weighted by Gasteiger charge is 2.23. The first-order valence-electron chi connectivity index (χ1n) is 3.12. The molecule has 0 atom stereocenters. The summed E-state index contributed by atoms with van der Waals surface area (Å²) in [4.78, 5) is 10.7. The van der Waals surface area contributed by atoms with Crippen LogP contribution < -0.4 is 5.73 Å². The molecule has 2 N–H and O–H groups in total. The molecule has 0 radical (unpaired) electrons. The Labute approximate surface area is 82.3 Å². The third kappa shape index (κ3) is 1.59. The number of rotatable bonds is 2. The van der Waals surface area contributed by atoms with Gasteiger partial charge in [-0.25, -0.2) is 0 Å². The zero-order chi connectivity index (χ0) is 10.0. The average Bonchev–Trinajstić information content (AvgIpc) is 2.41. The molecule has 0 aliphatic heterocycles. The molecule has 1 aromatic rings. The summed E-state index contributed by atoms with van der Waals surface area (Å²) in [6.45, 7) is 0. The molecule has 68 valence electrons. The molecule has 0 aliphatic rings. The predicted molar refractivity (Wildman–Crippen MR) is 51.9 cm³/mol. The third-order valence-electron chi connectivity index (χ3n) is 1.35. The summed E-state index contributed by atoms with van der Waals surface area (Å²) in [5.74, 6) is 0. The van der Waals surface area contributed by atoms with Crippen molar-refractivity contribution in [2.45, 2.75) is 4.90 Å². The van der Waals surface area contributed by atoms with Crippen molar-refractivity contribution in [3.8, 4) is 6.07 Å². The Balaban J connectivity index is 3.37. The van der Waals surface area contributed by atoms with Crippen molar-refractivity contribution in [3.63, 3.8) is 0 Å². The van der Waals surface area contributed by atoms with E-state index in [-0.39, 0.29) is 10.7 Å². The van der Waals surface area contributed by atoms with Gasteiger partial charge >= 0.3 is 5.00 Å². The number of thioether (sulfide) groups is 1. The second-order valence-corrected chi connectivity index (χ2v) is 3.87. The maximum absolute atomic E-state index is 10.4. The van der Waals surface area contributed by atoms with E-state index >= 15 is 0 Å². The fraction of sp³-hybridized carbons (Fsp3) is 0.167. The summed E-state index contributed by atoms with van der Waals surface area (Å²) in [5.41, 5.74) is 5.58. The normalized spacial score (nSPS) is 9.54. The average molecular weight is 215 g/mol. The first-order valence-corrected chi connectivity index (χ1v) is 5.16. The van der Waals surface area contributed by atoms with Crippen LogP contribution in [0.3, 0.4) is 0 Å². The first-order chi connectivity index (χ1) is 6.11. The van der Waals surface area contributed by atoms with Gasteiger partial charge in [0.1, 0.15) is 16.6 Å². The predicted octanol–water partition coefficient (Wildman–Crippen LogP) is 1.83. The van der Waals surface area contributed by atoms with Crippen molar-refractivity contribution in [3.05, 3.63) is 15.0 Å². The van der Waals surface area contributed by atoms with Gasteiger partial charge in [-0.15, -0.1) is 11.8 Å². The number of hydrogen-bond acceptors (Lipinski definition) is 6. The zero-order valence-corrected chi connectivity index (χ0v) is 8.24. The summed E-state index contributed by atoms with van der Waals surface area (Å²) in [6.07, 6.45) is 1.73. The molecular formula is C6H5N3O2S2. The van der Waals surface area contributed by atoms with E-state index in [1.165, 1.54) is 11.8 Å². The van der Waals surface area contributed by atoms with Crippen LogP contribution >= 0.6 is 23.1 Å². The molecular weight excluding hydrogens is 210 g/mol. The highest BCUT2D eigenvalue weighted by molar-refractivity contribution is 7.99. The molecule has 7 heteroatoms. The molecule has 0 saturated carbocycles. The van der Waals surface area contributed by atoms with E-state index in [2.05, 4.69) is 0 Å². The molecule has 0 spiro atoms. The summed E-state index contributed by atoms with van der Waals surface area (Å²) >= 11 is 2.06. The van der Waals surface area contributed by atoms with Gasteiger partial charge in [-0.2, -0.15) is 5.26 Å². The van der Waals surface area contributed by atoms with Gasteiger partial charge in [-0.05, 0) is 17.6 Å². The van der Waals surface area contributed by atoms with Crippen LogP contribution in [0.1, 0.15) is 4.88 Å². The number of anilines is 1. The van der Waals surface area contributed by atoms with Crippen molar-refractivity contribution in [1.82, 2.24) is 0 Å². The Morgan fingerprint density at radius 2 is 2.38 bits per heavy atom. The number of nitrogens with two attached hydrogens (primary N) is 1. The van der Waals surface area contributed by atoms with Gasteiger partial charge in [0.25, 0.3) is 0 Å². The topological polar surface area (TPSA) is 92.9 Å². The summed E-state index contributed by atoms with van der Waals surface area (Å²) in [5, 5.41) is 18.9. The van der Waals surface area contributed by atoms with Crippen LogP contribution in [-0.4, -0.2) is 11.2 Å². The molecule has 0 fully saturated rings. The Hall–Kier alpha value is -1.26. The number of nitriles is 1. The maximum atomic E-state index is 10.4. The van der Waals surface area contributed by atoms with Gasteiger partial charge in [0.2, 0.25) is 0 Å². The lowest BCUT2D eigenvalue weighted by molar-refractivity contribution is -0.379. The molecule has 1 heterocycles. The van der Waals surface area contributed by atoms with Gasteiger partial charge in [-0.3, -0.25) is 10.1 Å². The van der Waals surface area contributed by atoms with Gasteiger partial charge < -0.3 is 5.73 Å². The molecule has 0 aliphatic carbocycles. The van der Waals surface area contributed by atoms with Gasteiger partial charge in [0.05, 0.1) is 9.82 Å². The van der Waals surface area contributed by atoms with Crippen LogP contribution in [0.15, 0.2) is 4.90 Å². The number of nitrogens with zero attached hydrogens (tertiary/aromatic N) is 2. The second-order valence-electron chi connectivity index (χ2n) is 2.05. The fourth-order valence-corrected chi connectivity index (χ4v) is 2.54. The van der Waals surface area contributed by atoms with Crippen molar-refractivity contribution in [2.75, 3.05) is 12.0 Å². The SMILES string of the molecule is CSc1c(C#N)sc([N+](=O)[O-])c1N. The first kappa shape index (κ1) is 9.83.